The maximum atomic E-state index is 12.0. The molecule has 1 aliphatic heterocycles. The van der Waals surface area contributed by atoms with Crippen LogP contribution in [0, 0.1) is 5.92 Å². The van der Waals surface area contributed by atoms with Crippen molar-refractivity contribution in [2.45, 2.75) is 17.1 Å². The summed E-state index contributed by atoms with van der Waals surface area (Å²) in [6, 6.07) is 3.39. The highest BCUT2D eigenvalue weighted by molar-refractivity contribution is 9.11. The van der Waals surface area contributed by atoms with Gasteiger partial charge in [-0.15, -0.1) is 11.3 Å². The minimum absolute atomic E-state index is 0.374. The molecule has 18 heavy (non-hydrogen) atoms. The number of hydrogen-bond donors (Lipinski definition) is 1. The van der Waals surface area contributed by atoms with Crippen LogP contribution in [0.4, 0.5) is 0 Å². The van der Waals surface area contributed by atoms with Crippen molar-refractivity contribution in [1.82, 2.24) is 9.62 Å². The number of sulfonamides is 1. The first kappa shape index (κ1) is 14.5. The molecule has 0 bridgehead atoms. The van der Waals surface area contributed by atoms with Gasteiger partial charge in [-0.3, -0.25) is 0 Å². The smallest absolute Gasteiger partial charge is 0.250 e. The van der Waals surface area contributed by atoms with Crippen LogP contribution in [0.3, 0.4) is 0 Å². The largest absolute Gasteiger partial charge is 0.306 e. The van der Waals surface area contributed by atoms with Gasteiger partial charge in [-0.25, -0.2) is 13.1 Å². The molecule has 0 radical (unpaired) electrons. The van der Waals surface area contributed by atoms with Crippen LogP contribution in [0.2, 0.25) is 0 Å². The van der Waals surface area contributed by atoms with Crippen LogP contribution in [0.1, 0.15) is 12.8 Å². The normalized spacial score (nSPS) is 22.2. The highest BCUT2D eigenvalue weighted by atomic mass is 79.9. The molecular weight excluding hydrogens is 336 g/mol. The second-order valence-electron chi connectivity index (χ2n) is 4.68. The Kier molecular flexibility index (Phi) is 4.82. The zero-order chi connectivity index (χ0) is 13.2. The van der Waals surface area contributed by atoms with E-state index in [1.54, 1.807) is 12.1 Å². The average Bonchev–Trinajstić information content (AvgIpc) is 2.74. The van der Waals surface area contributed by atoms with E-state index in [4.69, 9.17) is 0 Å². The lowest BCUT2D eigenvalue weighted by atomic mass is 9.99. The van der Waals surface area contributed by atoms with Crippen LogP contribution in [-0.4, -0.2) is 40.0 Å². The van der Waals surface area contributed by atoms with Gasteiger partial charge in [-0.05, 0) is 60.4 Å². The third kappa shape index (κ3) is 3.77. The van der Waals surface area contributed by atoms with E-state index in [1.807, 2.05) is 0 Å². The summed E-state index contributed by atoms with van der Waals surface area (Å²) in [6.45, 7) is 2.61. The molecule has 1 aliphatic rings. The van der Waals surface area contributed by atoms with Crippen molar-refractivity contribution in [1.29, 1.82) is 0 Å². The SMILES string of the molecule is CN1CCCC(CNS(=O)(=O)c2ccc(Br)s2)C1. The molecule has 1 saturated heterocycles. The fourth-order valence-electron chi connectivity index (χ4n) is 2.18. The van der Waals surface area contributed by atoms with E-state index in [9.17, 15) is 8.42 Å². The van der Waals surface area contributed by atoms with Crippen molar-refractivity contribution in [3.05, 3.63) is 15.9 Å². The Hall–Kier alpha value is 0.0500. The summed E-state index contributed by atoms with van der Waals surface area (Å²) in [5.74, 6) is 0.418. The van der Waals surface area contributed by atoms with Crippen LogP contribution in [-0.2, 0) is 10.0 Å². The lowest BCUT2D eigenvalue weighted by Gasteiger charge is -2.29. The maximum absolute atomic E-state index is 12.0. The maximum Gasteiger partial charge on any atom is 0.250 e. The Labute approximate surface area is 121 Å². The number of piperidine rings is 1. The van der Waals surface area contributed by atoms with Crippen molar-refractivity contribution in [2.75, 3.05) is 26.7 Å². The van der Waals surface area contributed by atoms with Crippen molar-refractivity contribution < 1.29 is 8.42 Å². The average molecular weight is 353 g/mol. The predicted octanol–water partition coefficient (Wildman–Crippen LogP) is 2.13. The van der Waals surface area contributed by atoms with Crippen molar-refractivity contribution >= 4 is 37.3 Å². The topological polar surface area (TPSA) is 49.4 Å². The predicted molar refractivity (Wildman–Crippen MR) is 77.4 cm³/mol. The van der Waals surface area contributed by atoms with Gasteiger partial charge in [0.25, 0.3) is 0 Å². The van der Waals surface area contributed by atoms with Crippen molar-refractivity contribution in [3.8, 4) is 0 Å². The van der Waals surface area contributed by atoms with Gasteiger partial charge in [0.2, 0.25) is 10.0 Å². The molecule has 1 aromatic rings. The number of likely N-dealkylation sites (tertiary alicyclic amines) is 1. The Morgan fingerprint density at radius 1 is 1.56 bits per heavy atom. The molecule has 1 N–H and O–H groups in total. The second kappa shape index (κ2) is 6.00. The van der Waals surface area contributed by atoms with Crippen LogP contribution < -0.4 is 4.72 Å². The van der Waals surface area contributed by atoms with Crippen molar-refractivity contribution in [3.63, 3.8) is 0 Å². The van der Waals surface area contributed by atoms with E-state index in [0.717, 1.165) is 29.7 Å². The number of thiophene rings is 1. The lowest BCUT2D eigenvalue weighted by Crippen LogP contribution is -2.38. The highest BCUT2D eigenvalue weighted by Crippen LogP contribution is 2.26. The summed E-state index contributed by atoms with van der Waals surface area (Å²) in [4.78, 5) is 2.25. The van der Waals surface area contributed by atoms with Gasteiger partial charge < -0.3 is 4.90 Å². The number of rotatable bonds is 4. The molecule has 1 fully saturated rings. The van der Waals surface area contributed by atoms with Gasteiger partial charge in [0, 0.05) is 13.1 Å². The summed E-state index contributed by atoms with van der Waals surface area (Å²) < 4.78 is 28.0. The van der Waals surface area contributed by atoms with E-state index in [1.165, 1.54) is 11.3 Å². The number of nitrogens with one attached hydrogen (secondary N) is 1. The third-order valence-electron chi connectivity index (χ3n) is 3.10. The molecule has 0 saturated carbocycles. The molecule has 0 aliphatic carbocycles. The Morgan fingerprint density at radius 3 is 2.94 bits per heavy atom. The standard InChI is InChI=1S/C11H17BrN2O2S2/c1-14-6-2-3-9(8-14)7-13-18(15,16)11-5-4-10(12)17-11/h4-5,9,13H,2-3,6-8H2,1H3. The molecule has 4 nitrogen and oxygen atoms in total. The quantitative estimate of drug-likeness (QED) is 0.902. The molecule has 2 heterocycles. The van der Waals surface area contributed by atoms with Crippen LogP contribution in [0.15, 0.2) is 20.1 Å². The summed E-state index contributed by atoms with van der Waals surface area (Å²) >= 11 is 4.52. The molecule has 1 aromatic heterocycles. The number of nitrogens with zero attached hydrogens (tertiary/aromatic N) is 1. The van der Waals surface area contributed by atoms with Crippen LogP contribution in [0.5, 0.6) is 0 Å². The van der Waals surface area contributed by atoms with Crippen LogP contribution in [0.25, 0.3) is 0 Å². The summed E-state index contributed by atoms with van der Waals surface area (Å²) in [6.07, 6.45) is 2.24. The van der Waals surface area contributed by atoms with Gasteiger partial charge in [0.15, 0.2) is 0 Å². The van der Waals surface area contributed by atoms with Gasteiger partial charge in [0.1, 0.15) is 4.21 Å². The molecule has 2 rings (SSSR count). The first-order chi connectivity index (χ1) is 8.47. The summed E-state index contributed by atoms with van der Waals surface area (Å²) in [7, 11) is -1.26. The zero-order valence-electron chi connectivity index (χ0n) is 10.2. The Bertz CT molecular complexity index is 501. The minimum atomic E-state index is -3.34. The minimum Gasteiger partial charge on any atom is -0.306 e. The molecule has 0 aromatic carbocycles. The van der Waals surface area contributed by atoms with Gasteiger partial charge in [-0.1, -0.05) is 0 Å². The Balaban J connectivity index is 1.93. The molecular formula is C11H17BrN2O2S2. The fourth-order valence-corrected chi connectivity index (χ4v) is 5.35. The Morgan fingerprint density at radius 2 is 2.33 bits per heavy atom. The molecule has 7 heteroatoms. The molecule has 1 atom stereocenters. The van der Waals surface area contributed by atoms with E-state index >= 15 is 0 Å². The first-order valence-corrected chi connectivity index (χ1v) is 9.00. The lowest BCUT2D eigenvalue weighted by molar-refractivity contribution is 0.211. The second-order valence-corrected chi connectivity index (χ2v) is 9.14. The summed E-state index contributed by atoms with van der Waals surface area (Å²) in [5.41, 5.74) is 0. The van der Waals surface area contributed by atoms with E-state index in [2.05, 4.69) is 32.6 Å². The monoisotopic (exact) mass is 352 g/mol. The van der Waals surface area contributed by atoms with Crippen LogP contribution >= 0.6 is 27.3 Å². The third-order valence-corrected chi connectivity index (χ3v) is 6.64. The first-order valence-electron chi connectivity index (χ1n) is 5.91. The molecule has 0 spiro atoms. The van der Waals surface area contributed by atoms with E-state index in [0.29, 0.717) is 16.7 Å². The highest BCUT2D eigenvalue weighted by Gasteiger charge is 2.21. The van der Waals surface area contributed by atoms with Gasteiger partial charge in [0.05, 0.1) is 3.79 Å². The van der Waals surface area contributed by atoms with Crippen molar-refractivity contribution in [2.24, 2.45) is 5.92 Å². The number of halogens is 1. The zero-order valence-corrected chi connectivity index (χ0v) is 13.4. The van der Waals surface area contributed by atoms with E-state index < -0.39 is 10.0 Å². The molecule has 102 valence electrons. The van der Waals surface area contributed by atoms with E-state index in [-0.39, 0.29) is 0 Å². The molecule has 0 amide bonds. The van der Waals surface area contributed by atoms with Gasteiger partial charge in [-0.2, -0.15) is 0 Å². The fraction of sp³-hybridized carbons (Fsp3) is 0.636. The number of hydrogen-bond acceptors (Lipinski definition) is 4. The molecule has 1 unspecified atom stereocenters. The summed E-state index contributed by atoms with van der Waals surface area (Å²) in [5, 5.41) is 0. The van der Waals surface area contributed by atoms with Gasteiger partial charge >= 0.3 is 0 Å².